The molecule has 0 amide bonds. The van der Waals surface area contributed by atoms with Crippen LogP contribution in [0.3, 0.4) is 0 Å². The van der Waals surface area contributed by atoms with Gasteiger partial charge >= 0.3 is 0 Å². The summed E-state index contributed by atoms with van der Waals surface area (Å²) in [7, 11) is 0. The lowest BCUT2D eigenvalue weighted by Gasteiger charge is -2.00. The van der Waals surface area contributed by atoms with Crippen molar-refractivity contribution in [2.24, 2.45) is 0 Å². The summed E-state index contributed by atoms with van der Waals surface area (Å²) in [6.45, 7) is 0. The van der Waals surface area contributed by atoms with Gasteiger partial charge in [0.2, 0.25) is 0 Å². The lowest BCUT2D eigenvalue weighted by Crippen LogP contribution is -1.86. The quantitative estimate of drug-likeness (QED) is 0.735. The Morgan fingerprint density at radius 2 is 2.23 bits per heavy atom. The van der Waals surface area contributed by atoms with Gasteiger partial charge in [-0.1, -0.05) is 17.7 Å². The van der Waals surface area contributed by atoms with Crippen molar-refractivity contribution in [3.05, 3.63) is 34.1 Å². The predicted octanol–water partition coefficient (Wildman–Crippen LogP) is 3.05. The summed E-state index contributed by atoms with van der Waals surface area (Å²) in [5.74, 6) is 0. The van der Waals surface area contributed by atoms with E-state index in [1.807, 2.05) is 17.5 Å². The first-order valence-corrected chi connectivity index (χ1v) is 5.03. The maximum atomic E-state index is 5.88. The highest BCUT2D eigenvalue weighted by molar-refractivity contribution is 7.07. The van der Waals surface area contributed by atoms with E-state index < -0.39 is 0 Å². The molecule has 4 heteroatoms. The Morgan fingerprint density at radius 3 is 2.85 bits per heavy atom. The second kappa shape index (κ2) is 3.36. The van der Waals surface area contributed by atoms with E-state index in [1.165, 1.54) is 0 Å². The van der Waals surface area contributed by atoms with E-state index in [-0.39, 0.29) is 0 Å². The minimum Gasteiger partial charge on any atom is -0.398 e. The molecule has 0 atom stereocenters. The van der Waals surface area contributed by atoms with Crippen LogP contribution in [0.2, 0.25) is 5.02 Å². The number of rotatable bonds is 1. The SMILES string of the molecule is Nc1ccc(-c2cscn2)cc1Cl. The van der Waals surface area contributed by atoms with Gasteiger partial charge in [-0.05, 0) is 12.1 Å². The zero-order valence-corrected chi connectivity index (χ0v) is 8.27. The lowest BCUT2D eigenvalue weighted by molar-refractivity contribution is 1.41. The van der Waals surface area contributed by atoms with Crippen LogP contribution in [0.1, 0.15) is 0 Å². The van der Waals surface area contributed by atoms with Crippen LogP contribution in [0.4, 0.5) is 5.69 Å². The number of thiazole rings is 1. The molecule has 1 heterocycles. The highest BCUT2D eigenvalue weighted by Crippen LogP contribution is 2.26. The van der Waals surface area contributed by atoms with Crippen molar-refractivity contribution in [2.45, 2.75) is 0 Å². The van der Waals surface area contributed by atoms with Crippen LogP contribution in [0, 0.1) is 0 Å². The van der Waals surface area contributed by atoms with E-state index in [4.69, 9.17) is 17.3 Å². The molecule has 0 saturated heterocycles. The summed E-state index contributed by atoms with van der Waals surface area (Å²) >= 11 is 7.44. The summed E-state index contributed by atoms with van der Waals surface area (Å²) in [5, 5.41) is 2.55. The minimum absolute atomic E-state index is 0.575. The Labute approximate surface area is 85.0 Å². The Morgan fingerprint density at radius 1 is 1.38 bits per heavy atom. The van der Waals surface area contributed by atoms with E-state index in [1.54, 1.807) is 22.9 Å². The molecule has 0 fully saturated rings. The first-order chi connectivity index (χ1) is 6.27. The second-order valence-corrected chi connectivity index (χ2v) is 3.74. The average molecular weight is 211 g/mol. The summed E-state index contributed by atoms with van der Waals surface area (Å²) in [6.07, 6.45) is 0. The number of benzene rings is 1. The maximum absolute atomic E-state index is 5.88. The standard InChI is InChI=1S/C9H7ClN2S/c10-7-3-6(1-2-8(7)11)9-4-13-5-12-9/h1-5H,11H2. The number of hydrogen-bond acceptors (Lipinski definition) is 3. The molecule has 0 aliphatic carbocycles. The van der Waals surface area contributed by atoms with Crippen molar-refractivity contribution in [2.75, 3.05) is 5.73 Å². The Kier molecular flexibility index (Phi) is 2.20. The van der Waals surface area contributed by atoms with Crippen LogP contribution < -0.4 is 5.73 Å². The largest absolute Gasteiger partial charge is 0.398 e. The summed E-state index contributed by atoms with van der Waals surface area (Å²) in [4.78, 5) is 4.18. The van der Waals surface area contributed by atoms with Crippen molar-refractivity contribution in [3.63, 3.8) is 0 Å². The molecule has 66 valence electrons. The normalized spacial score (nSPS) is 10.2. The van der Waals surface area contributed by atoms with Gasteiger partial charge in [0.25, 0.3) is 0 Å². The highest BCUT2D eigenvalue weighted by atomic mass is 35.5. The van der Waals surface area contributed by atoms with Crippen molar-refractivity contribution < 1.29 is 0 Å². The fraction of sp³-hybridized carbons (Fsp3) is 0. The fourth-order valence-electron chi connectivity index (χ4n) is 1.04. The number of anilines is 1. The highest BCUT2D eigenvalue weighted by Gasteiger charge is 2.01. The van der Waals surface area contributed by atoms with Crippen LogP contribution in [0.15, 0.2) is 29.1 Å². The number of nitrogens with zero attached hydrogens (tertiary/aromatic N) is 1. The van der Waals surface area contributed by atoms with Gasteiger partial charge in [-0.3, -0.25) is 0 Å². The molecular weight excluding hydrogens is 204 g/mol. The Hall–Kier alpha value is -1.06. The molecule has 0 aliphatic rings. The van der Waals surface area contributed by atoms with Crippen molar-refractivity contribution in [1.29, 1.82) is 0 Å². The first-order valence-electron chi connectivity index (χ1n) is 3.71. The third-order valence-corrected chi connectivity index (χ3v) is 2.64. The van der Waals surface area contributed by atoms with Gasteiger partial charge in [0, 0.05) is 10.9 Å². The van der Waals surface area contributed by atoms with Crippen molar-refractivity contribution >= 4 is 28.6 Å². The molecule has 1 aromatic heterocycles. The van der Waals surface area contributed by atoms with Gasteiger partial charge < -0.3 is 5.73 Å². The summed E-state index contributed by atoms with van der Waals surface area (Å²) in [6, 6.07) is 5.53. The van der Waals surface area contributed by atoms with Crippen LogP contribution in [-0.2, 0) is 0 Å². The topological polar surface area (TPSA) is 38.9 Å². The first kappa shape index (κ1) is 8.53. The van der Waals surface area contributed by atoms with Gasteiger partial charge in [0.1, 0.15) is 0 Å². The molecule has 13 heavy (non-hydrogen) atoms. The van der Waals surface area contributed by atoms with Crippen LogP contribution in [0.5, 0.6) is 0 Å². The molecule has 2 nitrogen and oxygen atoms in total. The van der Waals surface area contributed by atoms with Gasteiger partial charge in [0.15, 0.2) is 0 Å². The second-order valence-electron chi connectivity index (χ2n) is 2.61. The molecule has 0 bridgehead atoms. The van der Waals surface area contributed by atoms with Crippen molar-refractivity contribution in [3.8, 4) is 11.3 Å². The lowest BCUT2D eigenvalue weighted by atomic mass is 10.1. The monoisotopic (exact) mass is 210 g/mol. The van der Waals surface area contributed by atoms with Crippen LogP contribution in [-0.4, -0.2) is 4.98 Å². The molecule has 0 aliphatic heterocycles. The third-order valence-electron chi connectivity index (χ3n) is 1.73. The van der Waals surface area contributed by atoms with E-state index >= 15 is 0 Å². The predicted molar refractivity (Wildman–Crippen MR) is 57.0 cm³/mol. The van der Waals surface area contributed by atoms with Gasteiger partial charge in [-0.15, -0.1) is 11.3 Å². The Bertz CT molecular complexity index is 412. The van der Waals surface area contributed by atoms with E-state index in [9.17, 15) is 0 Å². The molecule has 0 spiro atoms. The zero-order valence-electron chi connectivity index (χ0n) is 6.70. The fourth-order valence-corrected chi connectivity index (χ4v) is 1.78. The van der Waals surface area contributed by atoms with E-state index in [2.05, 4.69) is 4.98 Å². The molecule has 2 aromatic rings. The molecule has 0 unspecified atom stereocenters. The Balaban J connectivity index is 2.49. The zero-order chi connectivity index (χ0) is 9.26. The molecular formula is C9H7ClN2S. The van der Waals surface area contributed by atoms with E-state index in [0.717, 1.165) is 11.3 Å². The smallest absolute Gasteiger partial charge is 0.0811 e. The third kappa shape index (κ3) is 1.66. The maximum Gasteiger partial charge on any atom is 0.0811 e. The number of halogens is 1. The molecule has 1 aromatic carbocycles. The number of nitrogens with two attached hydrogens (primary N) is 1. The van der Waals surface area contributed by atoms with Gasteiger partial charge in [-0.2, -0.15) is 0 Å². The number of hydrogen-bond donors (Lipinski definition) is 1. The minimum atomic E-state index is 0.575. The van der Waals surface area contributed by atoms with E-state index in [0.29, 0.717) is 10.7 Å². The molecule has 2 rings (SSSR count). The summed E-state index contributed by atoms with van der Waals surface area (Å²) < 4.78 is 0. The summed E-state index contributed by atoms with van der Waals surface area (Å²) in [5.41, 5.74) is 9.92. The molecule has 0 saturated carbocycles. The van der Waals surface area contributed by atoms with Crippen LogP contribution in [0.25, 0.3) is 11.3 Å². The number of nitrogen functional groups attached to an aromatic ring is 1. The number of aromatic nitrogens is 1. The average Bonchev–Trinajstić information content (AvgIpc) is 2.62. The van der Waals surface area contributed by atoms with Gasteiger partial charge in [-0.25, -0.2) is 4.98 Å². The van der Waals surface area contributed by atoms with Gasteiger partial charge in [0.05, 0.1) is 21.9 Å². The molecule has 2 N–H and O–H groups in total. The molecule has 0 radical (unpaired) electrons. The van der Waals surface area contributed by atoms with Crippen LogP contribution >= 0.6 is 22.9 Å². The van der Waals surface area contributed by atoms with Crippen molar-refractivity contribution in [1.82, 2.24) is 4.98 Å².